The van der Waals surface area contributed by atoms with Gasteiger partial charge >= 0.3 is 5.97 Å². The Hall–Kier alpha value is -3.55. The summed E-state index contributed by atoms with van der Waals surface area (Å²) in [5.41, 5.74) is 1.72. The molecule has 1 aromatic heterocycles. The summed E-state index contributed by atoms with van der Waals surface area (Å²) in [6, 6.07) is 12.5. The first-order chi connectivity index (χ1) is 12.5. The summed E-state index contributed by atoms with van der Waals surface area (Å²) < 4.78 is 6.76. The van der Waals surface area contributed by atoms with E-state index in [1.54, 1.807) is 11.5 Å². The van der Waals surface area contributed by atoms with Gasteiger partial charge in [-0.1, -0.05) is 12.1 Å². The van der Waals surface area contributed by atoms with E-state index < -0.39 is 23.3 Å². The van der Waals surface area contributed by atoms with E-state index in [-0.39, 0.29) is 17.8 Å². The maximum Gasteiger partial charge on any atom is 0.326 e. The number of aromatic nitrogens is 2. The summed E-state index contributed by atoms with van der Waals surface area (Å²) >= 11 is 0. The molecule has 0 amide bonds. The zero-order valence-corrected chi connectivity index (χ0v) is 13.9. The number of esters is 1. The minimum atomic E-state index is -0.563. The normalized spacial score (nSPS) is 10.7. The molecule has 2 aromatic carbocycles. The minimum absolute atomic E-state index is 0.0557. The van der Waals surface area contributed by atoms with Gasteiger partial charge in [0.05, 0.1) is 16.0 Å². The number of carbonyl (C=O) groups excluding carboxylic acids is 2. The number of para-hydroxylation sites is 2. The highest BCUT2D eigenvalue weighted by Gasteiger charge is 2.15. The van der Waals surface area contributed by atoms with Crippen LogP contribution in [0.2, 0.25) is 0 Å². The molecule has 8 nitrogen and oxygen atoms in total. The molecule has 8 heteroatoms. The summed E-state index contributed by atoms with van der Waals surface area (Å²) in [6.45, 7) is 1.30. The fraction of sp³-hybridized carbons (Fsp3) is 0.167. The first-order valence-corrected chi connectivity index (χ1v) is 7.81. The molecular weight excluding hydrogens is 338 g/mol. The molecule has 0 N–H and O–H groups in total. The molecule has 0 atom stereocenters. The Bertz CT molecular complexity index is 992. The zero-order chi connectivity index (χ0) is 18.7. The van der Waals surface area contributed by atoms with E-state index in [4.69, 9.17) is 4.74 Å². The number of hydrogen-bond acceptors (Lipinski definition) is 6. The van der Waals surface area contributed by atoms with Crippen LogP contribution in [0.1, 0.15) is 16.2 Å². The summed E-state index contributed by atoms with van der Waals surface area (Å²) in [4.78, 5) is 38.5. The molecule has 0 saturated carbocycles. The fourth-order valence-electron chi connectivity index (χ4n) is 2.57. The van der Waals surface area contributed by atoms with Crippen LogP contribution < -0.4 is 0 Å². The van der Waals surface area contributed by atoms with Crippen LogP contribution in [0.5, 0.6) is 0 Å². The van der Waals surface area contributed by atoms with Gasteiger partial charge in [0, 0.05) is 17.7 Å². The second-order valence-electron chi connectivity index (χ2n) is 5.62. The standard InChI is InChI=1S/C18H15N3O5/c1-12-19-15-4-2-3-5-16(15)20(12)10-18(23)26-11-17(22)13-6-8-14(9-7-13)21(24)25/h2-9H,10-11H2,1H3. The summed E-state index contributed by atoms with van der Waals surface area (Å²) in [7, 11) is 0. The van der Waals surface area contributed by atoms with Crippen molar-refractivity contribution in [1.29, 1.82) is 0 Å². The number of nitrogens with zero attached hydrogens (tertiary/aromatic N) is 3. The SMILES string of the molecule is Cc1nc2ccccc2n1CC(=O)OCC(=O)c1ccc([N+](=O)[O-])cc1. The molecule has 0 aliphatic rings. The number of non-ortho nitro benzene ring substituents is 1. The van der Waals surface area contributed by atoms with E-state index in [0.717, 1.165) is 11.0 Å². The average molecular weight is 353 g/mol. The third kappa shape index (κ3) is 3.59. The summed E-state index contributed by atoms with van der Waals surface area (Å²) in [6.07, 6.45) is 0. The van der Waals surface area contributed by atoms with Crippen molar-refractivity contribution < 1.29 is 19.2 Å². The number of nitro groups is 1. The van der Waals surface area contributed by atoms with E-state index in [2.05, 4.69) is 4.98 Å². The lowest BCUT2D eigenvalue weighted by molar-refractivity contribution is -0.384. The first kappa shape index (κ1) is 17.3. The second kappa shape index (κ2) is 7.14. The van der Waals surface area contributed by atoms with Gasteiger partial charge < -0.3 is 9.30 Å². The second-order valence-corrected chi connectivity index (χ2v) is 5.62. The maximum absolute atomic E-state index is 12.1. The number of aryl methyl sites for hydroxylation is 1. The topological polar surface area (TPSA) is 104 Å². The van der Waals surface area contributed by atoms with Gasteiger partial charge in [0.2, 0.25) is 0 Å². The van der Waals surface area contributed by atoms with Crippen LogP contribution in [0.25, 0.3) is 11.0 Å². The molecule has 0 bridgehead atoms. The van der Waals surface area contributed by atoms with Gasteiger partial charge in [-0.25, -0.2) is 4.98 Å². The Labute approximate surface area is 148 Å². The largest absolute Gasteiger partial charge is 0.456 e. The molecule has 0 spiro atoms. The maximum atomic E-state index is 12.1. The molecule has 1 heterocycles. The summed E-state index contributed by atoms with van der Waals surface area (Å²) in [5.74, 6) is -0.322. The molecule has 0 fully saturated rings. The van der Waals surface area contributed by atoms with Gasteiger partial charge in [0.15, 0.2) is 12.4 Å². The van der Waals surface area contributed by atoms with Gasteiger partial charge in [-0.2, -0.15) is 0 Å². The van der Waals surface area contributed by atoms with Gasteiger partial charge in [-0.05, 0) is 31.2 Å². The molecule has 0 aliphatic carbocycles. The van der Waals surface area contributed by atoms with Crippen molar-refractivity contribution in [3.63, 3.8) is 0 Å². The lowest BCUT2D eigenvalue weighted by atomic mass is 10.1. The van der Waals surface area contributed by atoms with Crippen molar-refractivity contribution in [3.8, 4) is 0 Å². The molecule has 3 rings (SSSR count). The Balaban J connectivity index is 1.62. The van der Waals surface area contributed by atoms with Crippen LogP contribution in [0.15, 0.2) is 48.5 Å². The quantitative estimate of drug-likeness (QED) is 0.292. The minimum Gasteiger partial charge on any atom is -0.456 e. The fourth-order valence-corrected chi connectivity index (χ4v) is 2.57. The zero-order valence-electron chi connectivity index (χ0n) is 13.9. The van der Waals surface area contributed by atoms with Gasteiger partial charge in [-0.3, -0.25) is 19.7 Å². The first-order valence-electron chi connectivity index (χ1n) is 7.81. The molecule has 0 unspecified atom stereocenters. The third-order valence-corrected chi connectivity index (χ3v) is 3.90. The van der Waals surface area contributed by atoms with Crippen LogP contribution >= 0.6 is 0 Å². The lowest BCUT2D eigenvalue weighted by Gasteiger charge is -2.07. The molecular formula is C18H15N3O5. The third-order valence-electron chi connectivity index (χ3n) is 3.90. The van der Waals surface area contributed by atoms with Crippen molar-refractivity contribution in [2.45, 2.75) is 13.5 Å². The van der Waals surface area contributed by atoms with Gasteiger partial charge in [0.1, 0.15) is 12.4 Å². The smallest absolute Gasteiger partial charge is 0.326 e. The molecule has 0 aliphatic heterocycles. The Morgan fingerprint density at radius 1 is 1.15 bits per heavy atom. The van der Waals surface area contributed by atoms with Gasteiger partial charge in [0.25, 0.3) is 5.69 Å². The number of benzene rings is 2. The highest BCUT2D eigenvalue weighted by Crippen LogP contribution is 2.16. The number of ether oxygens (including phenoxy) is 1. The number of ketones is 1. The van der Waals surface area contributed by atoms with Crippen molar-refractivity contribution in [2.24, 2.45) is 0 Å². The van der Waals surface area contributed by atoms with Crippen LogP contribution in [-0.2, 0) is 16.1 Å². The van der Waals surface area contributed by atoms with E-state index >= 15 is 0 Å². The number of Topliss-reactive ketones (excluding diaryl/α,β-unsaturated/α-hetero) is 1. The van der Waals surface area contributed by atoms with Crippen LogP contribution in [-0.4, -0.2) is 32.8 Å². The molecule has 132 valence electrons. The summed E-state index contributed by atoms with van der Waals surface area (Å²) in [5, 5.41) is 10.6. The predicted molar refractivity (Wildman–Crippen MR) is 92.9 cm³/mol. The van der Waals surface area contributed by atoms with Crippen molar-refractivity contribution >= 4 is 28.5 Å². The number of imidazole rings is 1. The average Bonchev–Trinajstić information content (AvgIpc) is 2.95. The van der Waals surface area contributed by atoms with Crippen molar-refractivity contribution in [3.05, 3.63) is 70.0 Å². The number of rotatable bonds is 6. The van der Waals surface area contributed by atoms with E-state index in [0.29, 0.717) is 5.82 Å². The molecule has 0 radical (unpaired) electrons. The highest BCUT2D eigenvalue weighted by atomic mass is 16.6. The number of nitro benzene ring substituents is 1. The number of hydrogen-bond donors (Lipinski definition) is 0. The molecule has 3 aromatic rings. The lowest BCUT2D eigenvalue weighted by Crippen LogP contribution is -2.19. The monoisotopic (exact) mass is 353 g/mol. The Morgan fingerprint density at radius 3 is 2.54 bits per heavy atom. The van der Waals surface area contributed by atoms with Crippen molar-refractivity contribution in [2.75, 3.05) is 6.61 Å². The Morgan fingerprint density at radius 2 is 1.85 bits per heavy atom. The van der Waals surface area contributed by atoms with E-state index in [1.165, 1.54) is 24.3 Å². The highest BCUT2D eigenvalue weighted by molar-refractivity contribution is 5.98. The van der Waals surface area contributed by atoms with Crippen LogP contribution in [0.3, 0.4) is 0 Å². The van der Waals surface area contributed by atoms with Crippen LogP contribution in [0, 0.1) is 17.0 Å². The Kier molecular flexibility index (Phi) is 4.74. The van der Waals surface area contributed by atoms with Crippen LogP contribution in [0.4, 0.5) is 5.69 Å². The number of fused-ring (bicyclic) bond motifs is 1. The number of carbonyl (C=O) groups is 2. The molecule has 26 heavy (non-hydrogen) atoms. The van der Waals surface area contributed by atoms with E-state index in [1.807, 2.05) is 24.3 Å². The van der Waals surface area contributed by atoms with E-state index in [9.17, 15) is 19.7 Å². The van der Waals surface area contributed by atoms with Crippen molar-refractivity contribution in [1.82, 2.24) is 9.55 Å². The molecule has 0 saturated heterocycles. The van der Waals surface area contributed by atoms with Gasteiger partial charge in [-0.15, -0.1) is 0 Å². The predicted octanol–water partition coefficient (Wildman–Crippen LogP) is 2.68.